The molecule has 0 saturated heterocycles. The van der Waals surface area contributed by atoms with Gasteiger partial charge in [0.05, 0.1) is 11.3 Å². The third-order valence-electron chi connectivity index (χ3n) is 2.80. The van der Waals surface area contributed by atoms with Crippen molar-refractivity contribution in [3.63, 3.8) is 0 Å². The minimum absolute atomic E-state index is 0.0388. The molecule has 0 bridgehead atoms. The molecule has 0 spiro atoms. The minimum atomic E-state index is -1.14. The Morgan fingerprint density at radius 1 is 1.37 bits per heavy atom. The van der Waals surface area contributed by atoms with E-state index in [4.69, 9.17) is 5.11 Å². The second kappa shape index (κ2) is 6.63. The average molecular weight is 266 g/mol. The van der Waals surface area contributed by atoms with Gasteiger partial charge in [-0.25, -0.2) is 9.59 Å². The fourth-order valence-electron chi connectivity index (χ4n) is 1.35. The molecule has 104 valence electrons. The number of phenolic OH excluding ortho intramolecular Hbond substituents is 1. The molecular weight excluding hydrogens is 248 g/mol. The minimum Gasteiger partial charge on any atom is -0.506 e. The molecule has 19 heavy (non-hydrogen) atoms. The van der Waals surface area contributed by atoms with E-state index in [0.717, 1.165) is 12.5 Å². The van der Waals surface area contributed by atoms with Crippen molar-refractivity contribution in [3.8, 4) is 5.75 Å². The molecule has 1 aromatic carbocycles. The number of rotatable bonds is 5. The molecule has 0 aliphatic carbocycles. The topological polar surface area (TPSA) is 98.7 Å². The van der Waals surface area contributed by atoms with Crippen molar-refractivity contribution in [2.24, 2.45) is 5.92 Å². The van der Waals surface area contributed by atoms with Crippen LogP contribution in [0.3, 0.4) is 0 Å². The molecule has 0 aliphatic rings. The maximum absolute atomic E-state index is 11.6. The molecule has 6 nitrogen and oxygen atoms in total. The molecule has 0 saturated carbocycles. The zero-order chi connectivity index (χ0) is 14.4. The number of carbonyl (C=O) groups is 2. The highest BCUT2D eigenvalue weighted by molar-refractivity contribution is 5.93. The van der Waals surface area contributed by atoms with E-state index in [-0.39, 0.29) is 17.0 Å². The number of anilines is 1. The zero-order valence-corrected chi connectivity index (χ0v) is 10.9. The standard InChI is InChI=1S/C13H18N2O4/c1-3-8(2)7-14-13(19)15-10-5-4-9(12(17)18)6-11(10)16/h4-6,8,16H,3,7H2,1-2H3,(H,17,18)(H2,14,15,19). The Labute approximate surface area is 111 Å². The smallest absolute Gasteiger partial charge is 0.335 e. The summed E-state index contributed by atoms with van der Waals surface area (Å²) in [6.07, 6.45) is 0.957. The molecule has 6 heteroatoms. The number of nitrogens with one attached hydrogen (secondary N) is 2. The number of benzene rings is 1. The summed E-state index contributed by atoms with van der Waals surface area (Å²) >= 11 is 0. The lowest BCUT2D eigenvalue weighted by Gasteiger charge is -2.12. The van der Waals surface area contributed by atoms with Crippen LogP contribution in [-0.2, 0) is 0 Å². The normalized spacial score (nSPS) is 11.7. The summed E-state index contributed by atoms with van der Waals surface area (Å²) in [5.41, 5.74) is 0.134. The van der Waals surface area contributed by atoms with Crippen LogP contribution in [0.5, 0.6) is 5.75 Å². The van der Waals surface area contributed by atoms with Gasteiger partial charge in [0, 0.05) is 6.54 Å². The monoisotopic (exact) mass is 266 g/mol. The molecular formula is C13H18N2O4. The van der Waals surface area contributed by atoms with Gasteiger partial charge in [-0.2, -0.15) is 0 Å². The Morgan fingerprint density at radius 2 is 2.05 bits per heavy atom. The van der Waals surface area contributed by atoms with Gasteiger partial charge in [0.15, 0.2) is 0 Å². The summed E-state index contributed by atoms with van der Waals surface area (Å²) in [5.74, 6) is -1.05. The van der Waals surface area contributed by atoms with E-state index in [1.807, 2.05) is 13.8 Å². The second-order valence-corrected chi connectivity index (χ2v) is 4.39. The van der Waals surface area contributed by atoms with Gasteiger partial charge < -0.3 is 20.8 Å². The van der Waals surface area contributed by atoms with Crippen molar-refractivity contribution >= 4 is 17.7 Å². The summed E-state index contributed by atoms with van der Waals surface area (Å²) in [5, 5.41) is 23.5. The van der Waals surface area contributed by atoms with Crippen LogP contribution in [0.2, 0.25) is 0 Å². The fourth-order valence-corrected chi connectivity index (χ4v) is 1.35. The van der Waals surface area contributed by atoms with Crippen molar-refractivity contribution in [1.29, 1.82) is 0 Å². The predicted molar refractivity (Wildman–Crippen MR) is 71.5 cm³/mol. The molecule has 4 N–H and O–H groups in total. The van der Waals surface area contributed by atoms with Gasteiger partial charge in [-0.1, -0.05) is 20.3 Å². The first kappa shape index (κ1) is 14.8. The fraction of sp³-hybridized carbons (Fsp3) is 0.385. The van der Waals surface area contributed by atoms with Gasteiger partial charge in [0.2, 0.25) is 0 Å². The molecule has 0 heterocycles. The SMILES string of the molecule is CCC(C)CNC(=O)Nc1ccc(C(=O)O)cc1O. The van der Waals surface area contributed by atoms with E-state index in [1.54, 1.807) is 0 Å². The number of hydrogen-bond donors (Lipinski definition) is 4. The first-order chi connectivity index (χ1) is 8.93. The lowest BCUT2D eigenvalue weighted by Crippen LogP contribution is -2.32. The van der Waals surface area contributed by atoms with Crippen molar-refractivity contribution in [2.75, 3.05) is 11.9 Å². The van der Waals surface area contributed by atoms with Crippen molar-refractivity contribution in [3.05, 3.63) is 23.8 Å². The third kappa shape index (κ3) is 4.50. The Bertz CT molecular complexity index is 474. The van der Waals surface area contributed by atoms with Crippen molar-refractivity contribution in [1.82, 2.24) is 5.32 Å². The largest absolute Gasteiger partial charge is 0.506 e. The van der Waals surface area contributed by atoms with Crippen LogP contribution in [0.1, 0.15) is 30.6 Å². The maximum Gasteiger partial charge on any atom is 0.335 e. The van der Waals surface area contributed by atoms with Crippen LogP contribution in [0.4, 0.5) is 10.5 Å². The van der Waals surface area contributed by atoms with Gasteiger partial charge >= 0.3 is 12.0 Å². The summed E-state index contributed by atoms with van der Waals surface area (Å²) in [6, 6.07) is 3.32. The number of carboxylic acids is 1. The Morgan fingerprint density at radius 3 is 2.58 bits per heavy atom. The Hall–Kier alpha value is -2.24. The van der Waals surface area contributed by atoms with Gasteiger partial charge in [-0.15, -0.1) is 0 Å². The predicted octanol–water partition coefficient (Wildman–Crippen LogP) is 2.26. The summed E-state index contributed by atoms with van der Waals surface area (Å²) in [4.78, 5) is 22.2. The van der Waals surface area contributed by atoms with Crippen molar-refractivity contribution in [2.45, 2.75) is 20.3 Å². The number of amides is 2. The molecule has 0 aromatic heterocycles. The molecule has 1 aromatic rings. The van der Waals surface area contributed by atoms with Gasteiger partial charge in [0.25, 0.3) is 0 Å². The van der Waals surface area contributed by atoms with Crippen LogP contribution in [0, 0.1) is 5.92 Å². The van der Waals surface area contributed by atoms with Gasteiger partial charge in [0.1, 0.15) is 5.75 Å². The van der Waals surface area contributed by atoms with Crippen LogP contribution < -0.4 is 10.6 Å². The van der Waals surface area contributed by atoms with E-state index in [1.165, 1.54) is 12.1 Å². The summed E-state index contributed by atoms with van der Waals surface area (Å²) in [7, 11) is 0. The molecule has 0 aliphatic heterocycles. The van der Waals surface area contributed by atoms with Gasteiger partial charge in [-0.05, 0) is 24.1 Å². The van der Waals surface area contributed by atoms with E-state index < -0.39 is 12.0 Å². The lowest BCUT2D eigenvalue weighted by molar-refractivity contribution is 0.0696. The molecule has 1 rings (SSSR count). The van der Waals surface area contributed by atoms with E-state index in [0.29, 0.717) is 12.5 Å². The third-order valence-corrected chi connectivity index (χ3v) is 2.80. The van der Waals surface area contributed by atoms with E-state index >= 15 is 0 Å². The quantitative estimate of drug-likeness (QED) is 0.614. The average Bonchev–Trinajstić information content (AvgIpc) is 2.38. The Kier molecular flexibility index (Phi) is 5.17. The highest BCUT2D eigenvalue weighted by Gasteiger charge is 2.10. The number of hydrogen-bond acceptors (Lipinski definition) is 3. The van der Waals surface area contributed by atoms with Crippen LogP contribution in [0.25, 0.3) is 0 Å². The zero-order valence-electron chi connectivity index (χ0n) is 10.9. The lowest BCUT2D eigenvalue weighted by atomic mass is 10.1. The van der Waals surface area contributed by atoms with Crippen LogP contribution in [-0.4, -0.2) is 28.8 Å². The van der Waals surface area contributed by atoms with Crippen molar-refractivity contribution < 1.29 is 19.8 Å². The molecule has 1 unspecified atom stereocenters. The number of carbonyl (C=O) groups excluding carboxylic acids is 1. The second-order valence-electron chi connectivity index (χ2n) is 4.39. The summed E-state index contributed by atoms with van der Waals surface area (Å²) in [6.45, 7) is 4.58. The maximum atomic E-state index is 11.6. The number of aromatic hydroxyl groups is 1. The van der Waals surface area contributed by atoms with Gasteiger partial charge in [-0.3, -0.25) is 0 Å². The highest BCUT2D eigenvalue weighted by atomic mass is 16.4. The van der Waals surface area contributed by atoms with E-state index in [9.17, 15) is 14.7 Å². The first-order valence-corrected chi connectivity index (χ1v) is 6.05. The van der Waals surface area contributed by atoms with Crippen LogP contribution in [0.15, 0.2) is 18.2 Å². The molecule has 2 amide bonds. The van der Waals surface area contributed by atoms with E-state index in [2.05, 4.69) is 10.6 Å². The highest BCUT2D eigenvalue weighted by Crippen LogP contribution is 2.24. The number of aromatic carboxylic acids is 1. The first-order valence-electron chi connectivity index (χ1n) is 6.05. The molecule has 0 radical (unpaired) electrons. The molecule has 0 fully saturated rings. The number of urea groups is 1. The van der Waals surface area contributed by atoms with Crippen LogP contribution >= 0.6 is 0 Å². The Balaban J connectivity index is 2.62. The number of phenols is 1. The molecule has 1 atom stereocenters. The summed E-state index contributed by atoms with van der Waals surface area (Å²) < 4.78 is 0. The number of carboxylic acid groups (broad SMARTS) is 1.